The highest BCUT2D eigenvalue weighted by Gasteiger charge is 2.40. The zero-order chi connectivity index (χ0) is 40.8. The summed E-state index contributed by atoms with van der Waals surface area (Å²) in [7, 11) is 0. The summed E-state index contributed by atoms with van der Waals surface area (Å²) in [6.45, 7) is 0.719. The Morgan fingerprint density at radius 2 is 0.581 bits per heavy atom. The van der Waals surface area contributed by atoms with Crippen LogP contribution in [-0.2, 0) is 10.3 Å². The molecule has 292 valence electrons. The van der Waals surface area contributed by atoms with Crippen LogP contribution in [0.1, 0.15) is 30.4 Å². The molecule has 12 aromatic carbocycles. The third kappa shape index (κ3) is 5.06. The molecule has 0 saturated carbocycles. The minimum atomic E-state index is -0.627. The predicted octanol–water partition coefficient (Wildman–Crippen LogP) is 16.7. The van der Waals surface area contributed by atoms with Crippen molar-refractivity contribution in [3.63, 3.8) is 0 Å². The number of fused-ring (bicyclic) bond motifs is 14. The van der Waals surface area contributed by atoms with Crippen LogP contribution in [0.15, 0.2) is 206 Å². The van der Waals surface area contributed by atoms with E-state index in [0.717, 1.165) is 25.9 Å². The van der Waals surface area contributed by atoms with Gasteiger partial charge >= 0.3 is 0 Å². The van der Waals surface area contributed by atoms with Crippen LogP contribution in [0.5, 0.6) is 0 Å². The van der Waals surface area contributed by atoms with Crippen molar-refractivity contribution in [3.8, 4) is 22.3 Å². The van der Waals surface area contributed by atoms with Gasteiger partial charge < -0.3 is 4.74 Å². The largest absolute Gasteiger partial charge is 0.365 e. The second kappa shape index (κ2) is 13.9. The highest BCUT2D eigenvalue weighted by Crippen LogP contribution is 2.51. The van der Waals surface area contributed by atoms with Gasteiger partial charge in [-0.25, -0.2) is 0 Å². The molecule has 1 nitrogen and oxygen atoms in total. The number of ether oxygens (including phenoxy) is 1. The Hall–Kier alpha value is -7.32. The number of benzene rings is 12. The molecule has 0 bridgehead atoms. The second-order valence-corrected chi connectivity index (χ2v) is 17.2. The highest BCUT2D eigenvalue weighted by atomic mass is 16.5. The van der Waals surface area contributed by atoms with Crippen LogP contribution >= 0.6 is 0 Å². The summed E-state index contributed by atoms with van der Waals surface area (Å²) in [5.74, 6) is 0. The molecule has 0 aromatic heterocycles. The van der Waals surface area contributed by atoms with Gasteiger partial charge in [0.2, 0.25) is 0 Å². The summed E-state index contributed by atoms with van der Waals surface area (Å²) in [6.07, 6.45) is 3.06. The van der Waals surface area contributed by atoms with Crippen LogP contribution in [0.2, 0.25) is 0 Å². The molecular weight excluding hydrogens is 749 g/mol. The molecule has 13 rings (SSSR count). The first-order valence-electron chi connectivity index (χ1n) is 22.1. The Balaban J connectivity index is 1.05. The van der Waals surface area contributed by atoms with E-state index in [9.17, 15) is 0 Å². The van der Waals surface area contributed by atoms with Gasteiger partial charge in [0.15, 0.2) is 0 Å². The van der Waals surface area contributed by atoms with E-state index in [1.54, 1.807) is 0 Å². The predicted molar refractivity (Wildman–Crippen MR) is 264 cm³/mol. The number of hydrogen-bond donors (Lipinski definition) is 0. The maximum Gasteiger partial charge on any atom is 0.119 e. The molecule has 0 unspecified atom stereocenters. The summed E-state index contributed by atoms with van der Waals surface area (Å²) in [5, 5.41) is 20.5. The molecule has 1 aliphatic rings. The summed E-state index contributed by atoms with van der Waals surface area (Å²) in [4.78, 5) is 0. The first-order valence-corrected chi connectivity index (χ1v) is 22.1. The summed E-state index contributed by atoms with van der Waals surface area (Å²) in [5.41, 5.74) is 6.87. The van der Waals surface area contributed by atoms with Crippen LogP contribution in [-0.4, -0.2) is 6.61 Å². The Kier molecular flexibility index (Phi) is 7.92. The molecule has 1 heterocycles. The molecule has 0 radical (unpaired) electrons. The average molecular weight is 791 g/mol. The lowest BCUT2D eigenvalue weighted by atomic mass is 9.75. The molecule has 0 aliphatic carbocycles. The molecule has 1 heteroatoms. The molecule has 12 aromatic rings. The molecule has 0 spiro atoms. The van der Waals surface area contributed by atoms with Crippen molar-refractivity contribution in [2.75, 3.05) is 6.61 Å². The lowest BCUT2D eigenvalue weighted by molar-refractivity contribution is -0.0513. The van der Waals surface area contributed by atoms with E-state index in [2.05, 4.69) is 206 Å². The topological polar surface area (TPSA) is 9.23 Å². The van der Waals surface area contributed by atoms with Crippen molar-refractivity contribution < 1.29 is 4.74 Å². The fourth-order valence-electron chi connectivity index (χ4n) is 11.5. The Labute approximate surface area is 360 Å². The molecule has 0 amide bonds. The van der Waals surface area contributed by atoms with Crippen molar-refractivity contribution in [1.29, 1.82) is 0 Å². The smallest absolute Gasteiger partial charge is 0.119 e. The summed E-state index contributed by atoms with van der Waals surface area (Å²) >= 11 is 0. The number of rotatable bonds is 4. The standard InChI is InChI=1S/C61H42O/c1-3-21-45-39(17-1)43-23-7-11-27-51(43)59-53(45)29-15-31-55(59)47-33-35-57(49-25-9-5-19-41(47)49)61(37-13-14-38-62-61)58-36-34-48(42-20-6-10-26-50(42)58)56-32-16-30-54-46-22-4-2-18-40(46)44-24-8-12-28-52(44)60(54)56/h1-12,15-36H,13-14,37-38H2. The van der Waals surface area contributed by atoms with Gasteiger partial charge in [0, 0.05) is 6.61 Å². The normalized spacial score (nSPS) is 14.3. The molecule has 1 aliphatic heterocycles. The number of hydrogen-bond acceptors (Lipinski definition) is 1. The average Bonchev–Trinajstić information content (AvgIpc) is 3.35. The Morgan fingerprint density at radius 1 is 0.258 bits per heavy atom. The van der Waals surface area contributed by atoms with Gasteiger partial charge in [-0.1, -0.05) is 206 Å². The van der Waals surface area contributed by atoms with Crippen molar-refractivity contribution in [2.45, 2.75) is 24.9 Å². The maximum absolute atomic E-state index is 7.30. The zero-order valence-corrected chi connectivity index (χ0v) is 34.4. The van der Waals surface area contributed by atoms with Gasteiger partial charge in [0.05, 0.1) is 0 Å². The lowest BCUT2D eigenvalue weighted by Gasteiger charge is -2.40. The molecule has 1 fully saturated rings. The summed E-state index contributed by atoms with van der Waals surface area (Å²) < 4.78 is 7.30. The van der Waals surface area contributed by atoms with Gasteiger partial charge in [-0.05, 0) is 139 Å². The third-order valence-corrected chi connectivity index (χ3v) is 14.1. The molecule has 1 saturated heterocycles. The highest BCUT2D eigenvalue weighted by molar-refractivity contribution is 6.30. The van der Waals surface area contributed by atoms with Crippen molar-refractivity contribution in [1.82, 2.24) is 0 Å². The minimum absolute atomic E-state index is 0.627. The van der Waals surface area contributed by atoms with Crippen molar-refractivity contribution in [2.24, 2.45) is 0 Å². The quantitative estimate of drug-likeness (QED) is 0.161. The Bertz CT molecular complexity index is 3460. The van der Waals surface area contributed by atoms with Gasteiger partial charge in [-0.2, -0.15) is 0 Å². The lowest BCUT2D eigenvalue weighted by Crippen LogP contribution is -2.35. The first kappa shape index (κ1) is 35.4. The van der Waals surface area contributed by atoms with E-state index >= 15 is 0 Å². The van der Waals surface area contributed by atoms with E-state index in [4.69, 9.17) is 4.74 Å². The van der Waals surface area contributed by atoms with E-state index in [1.165, 1.54) is 120 Å². The van der Waals surface area contributed by atoms with Gasteiger partial charge in [0.25, 0.3) is 0 Å². The van der Waals surface area contributed by atoms with E-state index in [1.807, 2.05) is 0 Å². The summed E-state index contributed by atoms with van der Waals surface area (Å²) in [6, 6.07) is 77.0. The van der Waals surface area contributed by atoms with Gasteiger partial charge in [-0.3, -0.25) is 0 Å². The van der Waals surface area contributed by atoms with Crippen LogP contribution in [0.4, 0.5) is 0 Å². The van der Waals surface area contributed by atoms with Crippen molar-refractivity contribution in [3.05, 3.63) is 217 Å². The zero-order valence-electron chi connectivity index (χ0n) is 34.4. The molecule has 0 atom stereocenters. The van der Waals surface area contributed by atoms with Gasteiger partial charge in [0.1, 0.15) is 5.60 Å². The first-order chi connectivity index (χ1) is 30.8. The maximum atomic E-state index is 7.30. The fraction of sp³-hybridized carbons (Fsp3) is 0.0820. The monoisotopic (exact) mass is 790 g/mol. The molecular formula is C61H42O. The SMILES string of the molecule is c1ccc2c(C3(c4ccc(-c5cccc6c7ccccc7c7ccccc7c56)c5ccccc45)CCCCO3)ccc(-c3cccc4c5ccccc5c5ccccc5c34)c2c1. The Morgan fingerprint density at radius 3 is 0.952 bits per heavy atom. The second-order valence-electron chi connectivity index (χ2n) is 17.2. The fourth-order valence-corrected chi connectivity index (χ4v) is 11.5. The van der Waals surface area contributed by atoms with Crippen molar-refractivity contribution >= 4 is 86.2 Å². The van der Waals surface area contributed by atoms with Crippen LogP contribution < -0.4 is 0 Å². The van der Waals surface area contributed by atoms with Crippen LogP contribution in [0.25, 0.3) is 108 Å². The third-order valence-electron chi connectivity index (χ3n) is 14.1. The van der Waals surface area contributed by atoms with Crippen LogP contribution in [0.3, 0.4) is 0 Å². The van der Waals surface area contributed by atoms with E-state index in [0.29, 0.717) is 0 Å². The van der Waals surface area contributed by atoms with E-state index < -0.39 is 5.60 Å². The van der Waals surface area contributed by atoms with Gasteiger partial charge in [-0.15, -0.1) is 0 Å². The minimum Gasteiger partial charge on any atom is -0.365 e. The molecule has 0 N–H and O–H groups in total. The van der Waals surface area contributed by atoms with E-state index in [-0.39, 0.29) is 0 Å². The van der Waals surface area contributed by atoms with Crippen LogP contribution in [0, 0.1) is 0 Å². The molecule has 62 heavy (non-hydrogen) atoms.